The van der Waals surface area contributed by atoms with Crippen molar-refractivity contribution >= 4 is 12.0 Å². The van der Waals surface area contributed by atoms with E-state index in [-0.39, 0.29) is 29.5 Å². The van der Waals surface area contributed by atoms with Gasteiger partial charge in [-0.3, -0.25) is 4.79 Å². The van der Waals surface area contributed by atoms with Crippen molar-refractivity contribution < 1.29 is 14.3 Å². The monoisotopic (exact) mass is 396 g/mol. The standard InChI is InChI=1S/C22H28N4O3/c1-22(2,3)29-21(28)25-19(20(27)26(4)18-7-5-6-8-18)12-15-9-10-16(13-23)17(11-15)14-24/h9-11,18-19H,5-8,12H2,1-4H3,(H,25,28)/t19-/m0/s1. The first-order chi connectivity index (χ1) is 13.6. The molecule has 0 radical (unpaired) electrons. The van der Waals surface area contributed by atoms with Crippen LogP contribution in [0, 0.1) is 22.7 Å². The third-order valence-corrected chi connectivity index (χ3v) is 4.97. The lowest BCUT2D eigenvalue weighted by molar-refractivity contribution is -0.134. The van der Waals surface area contributed by atoms with Crippen molar-refractivity contribution in [1.82, 2.24) is 10.2 Å². The number of likely N-dealkylation sites (N-methyl/N-ethyl adjacent to an activating group) is 1. The van der Waals surface area contributed by atoms with Gasteiger partial charge in [0.1, 0.15) is 23.8 Å². The number of carbonyl (C=O) groups excluding carboxylic acids is 2. The van der Waals surface area contributed by atoms with Crippen LogP contribution in [0.4, 0.5) is 4.79 Å². The van der Waals surface area contributed by atoms with Crippen molar-refractivity contribution in [1.29, 1.82) is 10.5 Å². The SMILES string of the molecule is CN(C(=O)[C@H](Cc1ccc(C#N)c(C#N)c1)NC(=O)OC(C)(C)C)C1CCCC1. The van der Waals surface area contributed by atoms with Crippen LogP contribution in [0.15, 0.2) is 18.2 Å². The largest absolute Gasteiger partial charge is 0.444 e. The number of nitrogens with zero attached hydrogens (tertiary/aromatic N) is 3. The second kappa shape index (κ2) is 9.43. The Morgan fingerprint density at radius 1 is 1.21 bits per heavy atom. The van der Waals surface area contributed by atoms with Crippen LogP contribution >= 0.6 is 0 Å². The Morgan fingerprint density at radius 3 is 2.38 bits per heavy atom. The number of ether oxygens (including phenoxy) is 1. The normalized spacial score (nSPS) is 15.1. The zero-order chi connectivity index (χ0) is 21.6. The number of rotatable bonds is 5. The van der Waals surface area contributed by atoms with Gasteiger partial charge in [-0.05, 0) is 51.3 Å². The molecule has 1 saturated carbocycles. The molecule has 1 atom stereocenters. The van der Waals surface area contributed by atoms with Crippen molar-refractivity contribution in [2.24, 2.45) is 0 Å². The molecule has 1 aromatic carbocycles. The van der Waals surface area contributed by atoms with Crippen molar-refractivity contribution in [2.75, 3.05) is 7.05 Å². The molecule has 0 saturated heterocycles. The second-order valence-corrected chi connectivity index (χ2v) is 8.39. The van der Waals surface area contributed by atoms with E-state index in [2.05, 4.69) is 5.32 Å². The molecule has 2 rings (SSSR count). The number of hydrogen-bond acceptors (Lipinski definition) is 5. The Bertz CT molecular complexity index is 839. The molecule has 0 aromatic heterocycles. The molecular weight excluding hydrogens is 368 g/mol. The van der Waals surface area contributed by atoms with E-state index < -0.39 is 17.7 Å². The summed E-state index contributed by atoms with van der Waals surface area (Å²) in [4.78, 5) is 27.2. The summed E-state index contributed by atoms with van der Waals surface area (Å²) >= 11 is 0. The minimum absolute atomic E-state index is 0.168. The highest BCUT2D eigenvalue weighted by molar-refractivity contribution is 5.86. The van der Waals surface area contributed by atoms with Crippen LogP contribution in [0.25, 0.3) is 0 Å². The van der Waals surface area contributed by atoms with Gasteiger partial charge >= 0.3 is 6.09 Å². The van der Waals surface area contributed by atoms with Gasteiger partial charge in [-0.25, -0.2) is 4.79 Å². The third kappa shape index (κ3) is 6.22. The molecule has 0 spiro atoms. The first-order valence-electron chi connectivity index (χ1n) is 9.84. The minimum atomic E-state index is -0.824. The van der Waals surface area contributed by atoms with Crippen LogP contribution in [-0.2, 0) is 16.0 Å². The van der Waals surface area contributed by atoms with Crippen LogP contribution in [0.2, 0.25) is 0 Å². The first-order valence-corrected chi connectivity index (χ1v) is 9.84. The number of amides is 2. The molecule has 7 heteroatoms. The lowest BCUT2D eigenvalue weighted by Crippen LogP contribution is -2.51. The van der Waals surface area contributed by atoms with E-state index in [4.69, 9.17) is 10.00 Å². The Balaban J connectivity index is 2.24. The maximum absolute atomic E-state index is 13.2. The maximum Gasteiger partial charge on any atom is 0.408 e. The quantitative estimate of drug-likeness (QED) is 0.822. The van der Waals surface area contributed by atoms with Gasteiger partial charge in [0, 0.05) is 19.5 Å². The van der Waals surface area contributed by atoms with Gasteiger partial charge < -0.3 is 15.0 Å². The number of nitrogens with one attached hydrogen (secondary N) is 1. The molecule has 0 bridgehead atoms. The Hall–Kier alpha value is -3.06. The van der Waals surface area contributed by atoms with E-state index in [1.54, 1.807) is 50.9 Å². The van der Waals surface area contributed by atoms with Gasteiger partial charge in [0.05, 0.1) is 11.1 Å². The number of alkyl carbamates (subject to hydrolysis) is 1. The van der Waals surface area contributed by atoms with Crippen LogP contribution in [-0.4, -0.2) is 41.6 Å². The van der Waals surface area contributed by atoms with Crippen molar-refractivity contribution in [3.8, 4) is 12.1 Å². The number of carbonyl (C=O) groups is 2. The zero-order valence-electron chi connectivity index (χ0n) is 17.5. The lowest BCUT2D eigenvalue weighted by Gasteiger charge is -2.30. The number of nitriles is 2. The predicted octanol–water partition coefficient (Wildman–Crippen LogP) is 3.27. The molecule has 0 heterocycles. The average Bonchev–Trinajstić information content (AvgIpc) is 3.19. The fraction of sp³-hybridized carbons (Fsp3) is 0.545. The van der Waals surface area contributed by atoms with Crippen LogP contribution < -0.4 is 5.32 Å². The second-order valence-electron chi connectivity index (χ2n) is 8.39. The molecule has 0 unspecified atom stereocenters. The van der Waals surface area contributed by atoms with E-state index >= 15 is 0 Å². The summed E-state index contributed by atoms with van der Waals surface area (Å²) in [5, 5.41) is 21.0. The molecule has 154 valence electrons. The Morgan fingerprint density at radius 2 is 1.83 bits per heavy atom. The first kappa shape index (κ1) is 22.2. The topological polar surface area (TPSA) is 106 Å². The highest BCUT2D eigenvalue weighted by atomic mass is 16.6. The molecule has 1 aliphatic carbocycles. The van der Waals surface area contributed by atoms with Gasteiger partial charge in [0.15, 0.2) is 0 Å². The lowest BCUT2D eigenvalue weighted by atomic mass is 9.99. The summed E-state index contributed by atoms with van der Waals surface area (Å²) in [6.45, 7) is 5.27. The number of hydrogen-bond donors (Lipinski definition) is 1. The Labute approximate surface area is 172 Å². The minimum Gasteiger partial charge on any atom is -0.444 e. The van der Waals surface area contributed by atoms with Crippen LogP contribution in [0.3, 0.4) is 0 Å². The molecule has 1 aromatic rings. The highest BCUT2D eigenvalue weighted by Gasteiger charge is 2.31. The molecule has 1 aliphatic rings. The number of benzene rings is 1. The van der Waals surface area contributed by atoms with Gasteiger partial charge in [-0.2, -0.15) is 10.5 Å². The molecule has 29 heavy (non-hydrogen) atoms. The van der Waals surface area contributed by atoms with E-state index in [1.807, 2.05) is 12.1 Å². The molecule has 2 amide bonds. The van der Waals surface area contributed by atoms with Gasteiger partial charge in [-0.1, -0.05) is 18.9 Å². The molecule has 1 N–H and O–H groups in total. The fourth-order valence-electron chi connectivity index (χ4n) is 3.51. The molecule has 0 aliphatic heterocycles. The average molecular weight is 396 g/mol. The van der Waals surface area contributed by atoms with E-state index in [1.165, 1.54) is 0 Å². The Kier molecular flexibility index (Phi) is 7.23. The van der Waals surface area contributed by atoms with E-state index in [0.717, 1.165) is 25.7 Å². The maximum atomic E-state index is 13.2. The van der Waals surface area contributed by atoms with Crippen molar-refractivity contribution in [2.45, 2.75) is 70.6 Å². The molecular formula is C22H28N4O3. The predicted molar refractivity (Wildman–Crippen MR) is 108 cm³/mol. The summed E-state index contributed by atoms with van der Waals surface area (Å²) in [6, 6.07) is 8.17. The van der Waals surface area contributed by atoms with E-state index in [9.17, 15) is 14.9 Å². The third-order valence-electron chi connectivity index (χ3n) is 4.97. The van der Waals surface area contributed by atoms with E-state index in [0.29, 0.717) is 5.56 Å². The fourth-order valence-corrected chi connectivity index (χ4v) is 3.51. The highest BCUT2D eigenvalue weighted by Crippen LogP contribution is 2.23. The summed E-state index contributed by atoms with van der Waals surface area (Å²) in [7, 11) is 1.77. The molecule has 7 nitrogen and oxygen atoms in total. The van der Waals surface area contributed by atoms with Crippen molar-refractivity contribution in [3.05, 3.63) is 34.9 Å². The summed E-state index contributed by atoms with van der Waals surface area (Å²) < 4.78 is 5.33. The van der Waals surface area contributed by atoms with Crippen molar-refractivity contribution in [3.63, 3.8) is 0 Å². The van der Waals surface area contributed by atoms with Crippen LogP contribution in [0.1, 0.15) is 63.1 Å². The van der Waals surface area contributed by atoms with Crippen LogP contribution in [0.5, 0.6) is 0 Å². The zero-order valence-corrected chi connectivity index (χ0v) is 17.5. The summed E-state index contributed by atoms with van der Waals surface area (Å²) in [6.07, 6.45) is 3.63. The summed E-state index contributed by atoms with van der Waals surface area (Å²) in [5.74, 6) is -0.189. The van der Waals surface area contributed by atoms with Gasteiger partial charge in [0.2, 0.25) is 5.91 Å². The van der Waals surface area contributed by atoms with Gasteiger partial charge in [-0.15, -0.1) is 0 Å². The smallest absolute Gasteiger partial charge is 0.408 e. The van der Waals surface area contributed by atoms with Gasteiger partial charge in [0.25, 0.3) is 0 Å². The molecule has 1 fully saturated rings. The summed E-state index contributed by atoms with van der Waals surface area (Å²) in [5.41, 5.74) is 0.534.